The van der Waals surface area contributed by atoms with Crippen LogP contribution in [0.1, 0.15) is 5.56 Å². The molecule has 1 aliphatic heterocycles. The highest BCUT2D eigenvalue weighted by Crippen LogP contribution is 2.26. The van der Waals surface area contributed by atoms with E-state index < -0.39 is 0 Å². The lowest BCUT2D eigenvalue weighted by Gasteiger charge is -2.29. The molecule has 0 aliphatic carbocycles. The summed E-state index contributed by atoms with van der Waals surface area (Å²) in [5.41, 5.74) is 5.77. The molecule has 8 nitrogen and oxygen atoms in total. The smallest absolute Gasteiger partial charge is 0.160 e. The number of benzene rings is 1. The number of morpholine rings is 1. The lowest BCUT2D eigenvalue weighted by Crippen LogP contribution is -2.37. The van der Waals surface area contributed by atoms with Crippen molar-refractivity contribution in [2.45, 2.75) is 6.92 Å². The minimum absolute atomic E-state index is 0.690. The predicted octanol–water partition coefficient (Wildman–Crippen LogP) is 3.79. The van der Waals surface area contributed by atoms with Crippen molar-refractivity contribution in [3.05, 3.63) is 78.8 Å². The third-order valence-corrected chi connectivity index (χ3v) is 5.82. The summed E-state index contributed by atoms with van der Waals surface area (Å²) in [6.45, 7) is 5.07. The summed E-state index contributed by atoms with van der Waals surface area (Å²) in [6, 6.07) is 18.3. The highest BCUT2D eigenvalue weighted by atomic mass is 16.5. The van der Waals surface area contributed by atoms with Gasteiger partial charge >= 0.3 is 0 Å². The van der Waals surface area contributed by atoms with Crippen molar-refractivity contribution >= 4 is 11.5 Å². The molecule has 0 N–H and O–H groups in total. The molecule has 0 amide bonds. The second kappa shape index (κ2) is 8.14. The Morgan fingerprint density at radius 2 is 1.76 bits per heavy atom. The number of aromatic nitrogens is 6. The monoisotopic (exact) mass is 437 g/mol. The summed E-state index contributed by atoms with van der Waals surface area (Å²) < 4.78 is 9.31. The van der Waals surface area contributed by atoms with Crippen LogP contribution >= 0.6 is 0 Å². The van der Waals surface area contributed by atoms with Gasteiger partial charge in [0.1, 0.15) is 5.82 Å². The summed E-state index contributed by atoms with van der Waals surface area (Å²) in [4.78, 5) is 11.4. The van der Waals surface area contributed by atoms with Gasteiger partial charge in [-0.05, 0) is 31.2 Å². The van der Waals surface area contributed by atoms with Gasteiger partial charge in [-0.2, -0.15) is 14.7 Å². The molecule has 1 aliphatic rings. The maximum atomic E-state index is 5.57. The fourth-order valence-electron chi connectivity index (χ4n) is 4.15. The van der Waals surface area contributed by atoms with Gasteiger partial charge < -0.3 is 9.64 Å². The van der Waals surface area contributed by atoms with E-state index in [1.165, 1.54) is 5.56 Å². The molecule has 0 spiro atoms. The van der Waals surface area contributed by atoms with E-state index in [9.17, 15) is 0 Å². The Labute approximate surface area is 191 Å². The number of nitrogens with zero attached hydrogens (tertiary/aromatic N) is 7. The predicted molar refractivity (Wildman–Crippen MR) is 127 cm³/mol. The number of hydrogen-bond donors (Lipinski definition) is 0. The Morgan fingerprint density at radius 3 is 2.58 bits per heavy atom. The number of aryl methyl sites for hydroxylation is 1. The largest absolute Gasteiger partial charge is 0.378 e. The first-order chi connectivity index (χ1) is 16.2. The zero-order chi connectivity index (χ0) is 22.2. The van der Waals surface area contributed by atoms with Crippen LogP contribution in [-0.2, 0) is 4.74 Å². The minimum atomic E-state index is 0.690. The van der Waals surface area contributed by atoms with Gasteiger partial charge in [0, 0.05) is 54.9 Å². The second-order valence-corrected chi connectivity index (χ2v) is 8.13. The molecule has 33 heavy (non-hydrogen) atoms. The van der Waals surface area contributed by atoms with Crippen LogP contribution in [0, 0.1) is 6.92 Å². The number of ether oxygens (including phenoxy) is 1. The van der Waals surface area contributed by atoms with Crippen LogP contribution in [-0.4, -0.2) is 55.7 Å². The Bertz CT molecular complexity index is 1420. The van der Waals surface area contributed by atoms with Gasteiger partial charge in [-0.1, -0.05) is 23.8 Å². The Balaban J connectivity index is 1.47. The Morgan fingerprint density at radius 1 is 0.879 bits per heavy atom. The van der Waals surface area contributed by atoms with Crippen molar-refractivity contribution in [2.24, 2.45) is 0 Å². The van der Waals surface area contributed by atoms with Crippen molar-refractivity contribution in [1.29, 1.82) is 0 Å². The normalized spacial score (nSPS) is 14.2. The molecular weight excluding hydrogens is 414 g/mol. The molecule has 5 aromatic rings. The zero-order valence-electron chi connectivity index (χ0n) is 18.3. The minimum Gasteiger partial charge on any atom is -0.378 e. The van der Waals surface area contributed by atoms with Crippen LogP contribution in [0.25, 0.3) is 34.0 Å². The second-order valence-electron chi connectivity index (χ2n) is 8.13. The van der Waals surface area contributed by atoms with E-state index in [0.717, 1.165) is 52.9 Å². The molecule has 4 aromatic heterocycles. The average Bonchev–Trinajstić information content (AvgIpc) is 3.52. The molecule has 5 heterocycles. The molecular formula is C25H23N7O. The topological polar surface area (TPSA) is 73.4 Å². The molecule has 8 heteroatoms. The van der Waals surface area contributed by atoms with Crippen LogP contribution in [0.15, 0.2) is 73.2 Å². The third-order valence-electron chi connectivity index (χ3n) is 5.82. The number of fused-ring (bicyclic) bond motifs is 1. The summed E-state index contributed by atoms with van der Waals surface area (Å²) in [7, 11) is 0. The molecule has 0 saturated carbocycles. The van der Waals surface area contributed by atoms with Crippen molar-refractivity contribution in [3.8, 4) is 28.3 Å². The van der Waals surface area contributed by atoms with Gasteiger partial charge in [-0.3, -0.25) is 4.98 Å². The number of pyridine rings is 1. The molecule has 1 saturated heterocycles. The zero-order valence-corrected chi connectivity index (χ0v) is 18.3. The van der Waals surface area contributed by atoms with E-state index in [1.807, 2.05) is 51.9 Å². The summed E-state index contributed by atoms with van der Waals surface area (Å²) in [6.07, 6.45) is 5.54. The summed E-state index contributed by atoms with van der Waals surface area (Å²) in [5, 5.41) is 9.68. The number of hydrogen-bond acceptors (Lipinski definition) is 6. The highest BCUT2D eigenvalue weighted by Gasteiger charge is 2.19. The fraction of sp³-hybridized carbons (Fsp3) is 0.200. The van der Waals surface area contributed by atoms with Crippen LogP contribution in [0.3, 0.4) is 0 Å². The van der Waals surface area contributed by atoms with Gasteiger partial charge in [-0.15, -0.1) is 0 Å². The van der Waals surface area contributed by atoms with Gasteiger partial charge in [-0.25, -0.2) is 9.67 Å². The summed E-state index contributed by atoms with van der Waals surface area (Å²) >= 11 is 0. The quantitative estimate of drug-likeness (QED) is 0.426. The molecule has 1 aromatic carbocycles. The SMILES string of the molecule is Cc1cccc(-c2ccn(-c3cc(N4CCOCC4)n4nc(-c5cccnc5)cc4n3)n2)c1. The maximum absolute atomic E-state index is 5.57. The van der Waals surface area contributed by atoms with E-state index in [4.69, 9.17) is 19.9 Å². The van der Waals surface area contributed by atoms with Crippen molar-refractivity contribution < 1.29 is 4.74 Å². The van der Waals surface area contributed by atoms with Gasteiger partial charge in [0.25, 0.3) is 0 Å². The van der Waals surface area contributed by atoms with Crippen LogP contribution < -0.4 is 4.90 Å². The van der Waals surface area contributed by atoms with Crippen molar-refractivity contribution in [1.82, 2.24) is 29.4 Å². The lowest BCUT2D eigenvalue weighted by molar-refractivity contribution is 0.122. The fourth-order valence-corrected chi connectivity index (χ4v) is 4.15. The Hall–Kier alpha value is -4.04. The van der Waals surface area contributed by atoms with Crippen LogP contribution in [0.2, 0.25) is 0 Å². The first kappa shape index (κ1) is 19.6. The molecule has 1 fully saturated rings. The molecule has 6 rings (SSSR count). The first-order valence-corrected chi connectivity index (χ1v) is 11.0. The van der Waals surface area contributed by atoms with Gasteiger partial charge in [0.2, 0.25) is 0 Å². The van der Waals surface area contributed by atoms with E-state index in [-0.39, 0.29) is 0 Å². The first-order valence-electron chi connectivity index (χ1n) is 11.0. The van der Waals surface area contributed by atoms with Crippen molar-refractivity contribution in [2.75, 3.05) is 31.2 Å². The third kappa shape index (κ3) is 3.74. The molecule has 0 unspecified atom stereocenters. The lowest BCUT2D eigenvalue weighted by atomic mass is 10.1. The molecule has 0 radical (unpaired) electrons. The molecule has 0 atom stereocenters. The number of rotatable bonds is 4. The van der Waals surface area contributed by atoms with E-state index in [1.54, 1.807) is 6.20 Å². The Kier molecular flexibility index (Phi) is 4.84. The molecule has 0 bridgehead atoms. The van der Waals surface area contributed by atoms with Crippen LogP contribution in [0.4, 0.5) is 5.82 Å². The highest BCUT2D eigenvalue weighted by molar-refractivity contribution is 5.66. The maximum Gasteiger partial charge on any atom is 0.160 e. The van der Waals surface area contributed by atoms with Gasteiger partial charge in [0.15, 0.2) is 11.5 Å². The van der Waals surface area contributed by atoms with E-state index in [0.29, 0.717) is 13.2 Å². The molecule has 164 valence electrons. The van der Waals surface area contributed by atoms with E-state index >= 15 is 0 Å². The van der Waals surface area contributed by atoms with Gasteiger partial charge in [0.05, 0.1) is 24.6 Å². The number of anilines is 1. The average molecular weight is 438 g/mol. The van der Waals surface area contributed by atoms with E-state index in [2.05, 4.69) is 41.1 Å². The summed E-state index contributed by atoms with van der Waals surface area (Å²) in [5.74, 6) is 1.72. The standard InChI is InChI=1S/C25H23N7O/c1-18-4-2-5-19(14-18)21-7-9-31(28-21)23-16-25(30-10-12-33-13-11-30)32-24(27-23)15-22(29-32)20-6-3-8-26-17-20/h2-9,14-17H,10-13H2,1H3. The van der Waals surface area contributed by atoms with Crippen molar-refractivity contribution in [3.63, 3.8) is 0 Å². The van der Waals surface area contributed by atoms with Crippen LogP contribution in [0.5, 0.6) is 0 Å².